The highest BCUT2D eigenvalue weighted by Gasteiger charge is 2.22. The summed E-state index contributed by atoms with van der Waals surface area (Å²) >= 11 is 0. The Balaban J connectivity index is 0.000000241. The van der Waals surface area contributed by atoms with Crippen LogP contribution in [0.1, 0.15) is 40.5 Å². The zero-order valence-electron chi connectivity index (χ0n) is 24.2. The lowest BCUT2D eigenvalue weighted by atomic mass is 10.1. The number of likely N-dealkylation sites (tertiary alicyclic amines) is 2. The van der Waals surface area contributed by atoms with Crippen LogP contribution in [0.2, 0.25) is 0 Å². The molecule has 46 heavy (non-hydrogen) atoms. The summed E-state index contributed by atoms with van der Waals surface area (Å²) in [6.45, 7) is 2.99. The van der Waals surface area contributed by atoms with Crippen LogP contribution in [0.25, 0.3) is 22.3 Å². The highest BCUT2D eigenvalue weighted by atomic mass is 16.6. The fourth-order valence-corrected chi connectivity index (χ4v) is 5.12. The third kappa shape index (κ3) is 8.78. The number of nitrogens with two attached hydrogens (primary N) is 1. The highest BCUT2D eigenvalue weighted by Crippen LogP contribution is 2.31. The van der Waals surface area contributed by atoms with Gasteiger partial charge in [-0.25, -0.2) is 9.59 Å². The van der Waals surface area contributed by atoms with Crippen LogP contribution in [-0.4, -0.2) is 62.9 Å². The summed E-state index contributed by atoms with van der Waals surface area (Å²) in [5.74, 6) is 0. The van der Waals surface area contributed by atoms with Crippen LogP contribution in [0.4, 0.5) is 32.3 Å². The molecule has 2 aliphatic heterocycles. The van der Waals surface area contributed by atoms with Crippen molar-refractivity contribution in [3.8, 4) is 22.3 Å². The molecule has 0 unspecified atom stereocenters. The van der Waals surface area contributed by atoms with Crippen molar-refractivity contribution in [1.29, 1.82) is 0 Å². The number of hydrogen-bond donors (Lipinski definition) is 3. The van der Waals surface area contributed by atoms with Crippen molar-refractivity contribution in [2.75, 3.05) is 42.5 Å². The fourth-order valence-electron chi connectivity index (χ4n) is 5.12. The summed E-state index contributed by atoms with van der Waals surface area (Å²) in [5.41, 5.74) is 10.8. The number of aromatic nitrogens is 2. The first-order valence-corrected chi connectivity index (χ1v) is 14.5. The summed E-state index contributed by atoms with van der Waals surface area (Å²) in [5, 5.41) is 16.8. The van der Waals surface area contributed by atoms with Crippen LogP contribution >= 0.6 is 0 Å². The Kier molecular flexibility index (Phi) is 12.6. The minimum Gasteiger partial charge on any atom is -0.397 e. The number of carbonyl (C=O) groups excluding carboxylic acids is 2. The molecule has 4 aromatic rings. The van der Waals surface area contributed by atoms with E-state index in [9.17, 15) is 19.7 Å². The number of nitro benzene ring substituents is 1. The van der Waals surface area contributed by atoms with Crippen LogP contribution in [0.15, 0.2) is 85.5 Å². The average Bonchev–Trinajstić information content (AvgIpc) is 3.79. The molecule has 6 rings (SSSR count). The van der Waals surface area contributed by atoms with E-state index < -0.39 is 4.92 Å². The summed E-state index contributed by atoms with van der Waals surface area (Å²) in [4.78, 5) is 46.7. The molecule has 4 amide bonds. The second-order valence-electron chi connectivity index (χ2n) is 10.5. The number of amides is 4. The van der Waals surface area contributed by atoms with Crippen LogP contribution in [0.5, 0.6) is 0 Å². The average molecular weight is 627 g/mol. The maximum absolute atomic E-state index is 12.2. The van der Waals surface area contributed by atoms with Crippen molar-refractivity contribution >= 4 is 34.8 Å². The first-order valence-electron chi connectivity index (χ1n) is 14.5. The number of rotatable bonds is 5. The first-order chi connectivity index (χ1) is 21.4. The second kappa shape index (κ2) is 16.5. The maximum atomic E-state index is 12.2. The van der Waals surface area contributed by atoms with Gasteiger partial charge < -0.3 is 26.2 Å². The van der Waals surface area contributed by atoms with E-state index in [2.05, 4.69) is 20.6 Å². The molecule has 12 nitrogen and oxygen atoms in total. The van der Waals surface area contributed by atoms with Gasteiger partial charge in [-0.1, -0.05) is 33.1 Å². The number of anilines is 3. The summed E-state index contributed by atoms with van der Waals surface area (Å²) in [6.07, 6.45) is 10.9. The molecule has 0 saturated carbocycles. The van der Waals surface area contributed by atoms with Gasteiger partial charge in [0, 0.05) is 68.2 Å². The molecule has 0 aliphatic carbocycles. The van der Waals surface area contributed by atoms with Gasteiger partial charge in [0.1, 0.15) is 5.69 Å². The molecule has 2 aromatic carbocycles. The van der Waals surface area contributed by atoms with E-state index >= 15 is 0 Å². The molecule has 2 aromatic heterocycles. The second-order valence-corrected chi connectivity index (χ2v) is 10.5. The van der Waals surface area contributed by atoms with Crippen molar-refractivity contribution in [1.82, 2.24) is 19.8 Å². The number of nitrogens with one attached hydrogen (secondary N) is 2. The van der Waals surface area contributed by atoms with Crippen LogP contribution in [0, 0.1) is 10.1 Å². The van der Waals surface area contributed by atoms with Gasteiger partial charge in [0.2, 0.25) is 0 Å². The van der Waals surface area contributed by atoms with Crippen molar-refractivity contribution < 1.29 is 14.5 Å². The number of nitrogens with zero attached hydrogens (tertiary/aromatic N) is 5. The Bertz CT molecular complexity index is 1610. The maximum Gasteiger partial charge on any atom is 0.322 e. The highest BCUT2D eigenvalue weighted by molar-refractivity contribution is 5.94. The largest absolute Gasteiger partial charge is 0.397 e. The molecular formula is C34H42N8O4. The molecule has 2 aliphatic rings. The van der Waals surface area contributed by atoms with Gasteiger partial charge in [-0.15, -0.1) is 0 Å². The van der Waals surface area contributed by atoms with Crippen molar-refractivity contribution in [2.24, 2.45) is 0 Å². The third-order valence-electron chi connectivity index (χ3n) is 7.51. The molecule has 0 radical (unpaired) electrons. The molecule has 0 spiro atoms. The van der Waals surface area contributed by atoms with Crippen LogP contribution in [0.3, 0.4) is 0 Å². The Morgan fingerprint density at radius 1 is 0.696 bits per heavy atom. The summed E-state index contributed by atoms with van der Waals surface area (Å²) in [6, 6.07) is 17.4. The quantitative estimate of drug-likeness (QED) is 0.117. The van der Waals surface area contributed by atoms with Crippen molar-refractivity contribution in [2.45, 2.75) is 40.5 Å². The van der Waals surface area contributed by atoms with Crippen molar-refractivity contribution in [3.63, 3.8) is 0 Å². The normalized spacial score (nSPS) is 13.4. The topological polar surface area (TPSA) is 160 Å². The number of pyridine rings is 2. The number of benzene rings is 2. The number of urea groups is 2. The van der Waals surface area contributed by atoms with Gasteiger partial charge in [-0.05, 0) is 73.2 Å². The van der Waals surface area contributed by atoms with Gasteiger partial charge in [0.25, 0.3) is 5.69 Å². The fraction of sp³-hybridized carbons (Fsp3) is 0.294. The van der Waals surface area contributed by atoms with E-state index in [1.165, 1.54) is 6.07 Å². The number of hydrogen-bond acceptors (Lipinski definition) is 7. The summed E-state index contributed by atoms with van der Waals surface area (Å²) in [7, 11) is 0. The Hall–Kier alpha value is -5.52. The van der Waals surface area contributed by atoms with E-state index in [-0.39, 0.29) is 38.3 Å². The van der Waals surface area contributed by atoms with Crippen LogP contribution < -0.4 is 16.4 Å². The van der Waals surface area contributed by atoms with E-state index in [0.29, 0.717) is 24.5 Å². The zero-order chi connectivity index (χ0) is 30.9. The molecule has 242 valence electrons. The zero-order valence-corrected chi connectivity index (χ0v) is 24.2. The van der Waals surface area contributed by atoms with Gasteiger partial charge in [-0.2, -0.15) is 0 Å². The Morgan fingerprint density at radius 2 is 1.15 bits per heavy atom. The molecule has 0 bridgehead atoms. The minimum absolute atomic E-state index is 0. The molecule has 4 heterocycles. The monoisotopic (exact) mass is 626 g/mol. The Morgan fingerprint density at radius 3 is 1.61 bits per heavy atom. The minimum atomic E-state index is -0.493. The first kappa shape index (κ1) is 35.0. The molecule has 2 fully saturated rings. The van der Waals surface area contributed by atoms with E-state index in [1.807, 2.05) is 41.3 Å². The molecular weight excluding hydrogens is 584 g/mol. The number of carbonyl (C=O) groups is 2. The summed E-state index contributed by atoms with van der Waals surface area (Å²) < 4.78 is 0. The van der Waals surface area contributed by atoms with Gasteiger partial charge in [0.15, 0.2) is 0 Å². The van der Waals surface area contributed by atoms with Gasteiger partial charge in [-0.3, -0.25) is 20.1 Å². The number of nitrogen functional groups attached to an aromatic ring is 1. The molecule has 4 N–H and O–H groups in total. The van der Waals surface area contributed by atoms with Crippen molar-refractivity contribution in [3.05, 3.63) is 95.6 Å². The van der Waals surface area contributed by atoms with Gasteiger partial charge in [0.05, 0.1) is 16.3 Å². The lowest BCUT2D eigenvalue weighted by molar-refractivity contribution is -0.383. The lowest BCUT2D eigenvalue weighted by Gasteiger charge is -2.17. The standard InChI is InChI=1S/C16H16N4O3.C16H18N4O.2CH4/c21-16(19-8-1-2-9-19)18-14-10-12(5-6-15(14)20(22)23)13-4-3-7-17-11-13;17-14-6-5-12(13-4-3-7-18-11-13)10-15(14)19-16(21)20-8-1-2-9-20;;/h3-7,10-11H,1-2,8-9H2,(H,18,21);3-7,10-11H,1-2,8-9,17H2,(H,19,21);2*1H4. The number of nitro groups is 1. The third-order valence-corrected chi connectivity index (χ3v) is 7.51. The lowest BCUT2D eigenvalue weighted by Crippen LogP contribution is -2.32. The molecule has 0 atom stereocenters. The van der Waals surface area contributed by atoms with E-state index in [0.717, 1.165) is 61.0 Å². The smallest absolute Gasteiger partial charge is 0.322 e. The molecule has 12 heteroatoms. The van der Waals surface area contributed by atoms with E-state index in [4.69, 9.17) is 5.73 Å². The van der Waals surface area contributed by atoms with Crippen LogP contribution in [-0.2, 0) is 0 Å². The van der Waals surface area contributed by atoms with Gasteiger partial charge >= 0.3 is 12.1 Å². The van der Waals surface area contributed by atoms with E-state index in [1.54, 1.807) is 47.9 Å². The predicted molar refractivity (Wildman–Crippen MR) is 184 cm³/mol. The predicted octanol–water partition coefficient (Wildman–Crippen LogP) is 7.52. The Labute approximate surface area is 269 Å². The molecule has 2 saturated heterocycles. The SMILES string of the molecule is C.C.Nc1ccc(-c2cccnc2)cc1NC(=O)N1CCCC1.O=C(Nc1cc(-c2cccnc2)ccc1[N+](=O)[O-])N1CCCC1.